The van der Waals surface area contributed by atoms with Gasteiger partial charge in [-0.15, -0.1) is 179 Å². The maximum absolute atomic E-state index is 4.94. The van der Waals surface area contributed by atoms with E-state index in [0.29, 0.717) is 23.7 Å². The van der Waals surface area contributed by atoms with Crippen molar-refractivity contribution in [3.8, 4) is 201 Å². The first kappa shape index (κ1) is 93.8. The van der Waals surface area contributed by atoms with Crippen molar-refractivity contribution in [2.75, 3.05) is 0 Å². The molecule has 0 atom stereocenters. The fourth-order valence-corrected chi connectivity index (χ4v) is 18.8. The first-order valence-corrected chi connectivity index (χ1v) is 47.0. The van der Waals surface area contributed by atoms with E-state index in [9.17, 15) is 0 Å². The molecular formula is C128H106Ir2N6. The zero-order valence-electron chi connectivity index (χ0n) is 79.0. The van der Waals surface area contributed by atoms with Gasteiger partial charge < -0.3 is 19.9 Å². The average Bonchev–Trinajstić information content (AvgIpc) is 0.726. The number of rotatable bonds is 26. The van der Waals surface area contributed by atoms with Crippen LogP contribution in [0.5, 0.6) is 0 Å². The van der Waals surface area contributed by atoms with Crippen LogP contribution in [0.2, 0.25) is 0 Å². The molecule has 5 aromatic heterocycles. The van der Waals surface area contributed by atoms with Crippen molar-refractivity contribution in [3.05, 3.63) is 434 Å². The summed E-state index contributed by atoms with van der Waals surface area (Å²) in [7, 11) is 0. The van der Waals surface area contributed by atoms with Gasteiger partial charge in [0.2, 0.25) is 0 Å². The smallest absolute Gasteiger partial charge is 0.304 e. The molecule has 136 heavy (non-hydrogen) atoms. The number of hydrogen-bond acceptors (Lipinski definition) is 6. The monoisotopic (exact) mass is 2110 g/mol. The Morgan fingerprint density at radius 3 is 0.500 bits per heavy atom. The molecule has 0 amide bonds. The van der Waals surface area contributed by atoms with Crippen LogP contribution >= 0.6 is 0 Å². The molecule has 14 aromatic carbocycles. The summed E-state index contributed by atoms with van der Waals surface area (Å²) in [5.74, 6) is 2.19. The number of benzene rings is 14. The molecule has 6 nitrogen and oxygen atoms in total. The van der Waals surface area contributed by atoms with Crippen molar-refractivity contribution in [2.45, 2.75) is 109 Å². The van der Waals surface area contributed by atoms with Crippen molar-refractivity contribution in [2.24, 2.45) is 23.7 Å². The summed E-state index contributed by atoms with van der Waals surface area (Å²) >= 11 is 0. The van der Waals surface area contributed by atoms with Gasteiger partial charge in [0.15, 0.2) is 0 Å². The van der Waals surface area contributed by atoms with Crippen LogP contribution in [0.25, 0.3) is 201 Å². The maximum atomic E-state index is 4.94. The van der Waals surface area contributed by atoms with Gasteiger partial charge in [0, 0.05) is 24.8 Å². The Hall–Kier alpha value is -13.9. The minimum atomic E-state index is 0. The van der Waals surface area contributed by atoms with Gasteiger partial charge in [-0.2, -0.15) is 0 Å². The summed E-state index contributed by atoms with van der Waals surface area (Å²) in [6.45, 7) is 26.8. The van der Waals surface area contributed by atoms with Crippen LogP contribution in [-0.4, -0.2) is 29.9 Å². The van der Waals surface area contributed by atoms with E-state index in [-0.39, 0.29) is 40.2 Å². The van der Waals surface area contributed by atoms with Crippen molar-refractivity contribution < 1.29 is 40.2 Å². The average molecular weight is 2110 g/mol. The number of pyridine rings is 4. The molecule has 5 heterocycles. The third kappa shape index (κ3) is 20.8. The molecule has 0 radical (unpaired) electrons. The van der Waals surface area contributed by atoms with Gasteiger partial charge in [-0.3, -0.25) is 9.97 Å². The predicted molar refractivity (Wildman–Crippen MR) is 557 cm³/mol. The zero-order valence-corrected chi connectivity index (χ0v) is 83.8. The molecule has 8 heteroatoms. The molecule has 0 saturated heterocycles. The second-order valence-electron chi connectivity index (χ2n) is 37.5. The summed E-state index contributed by atoms with van der Waals surface area (Å²) in [5, 5.41) is 0. The third-order valence-electron chi connectivity index (χ3n) is 25.7. The van der Waals surface area contributed by atoms with Gasteiger partial charge in [0.05, 0.1) is 6.33 Å². The Bertz CT molecular complexity index is 6730. The molecule has 0 fully saturated rings. The molecule has 19 rings (SSSR count). The molecule has 0 saturated carbocycles. The summed E-state index contributed by atoms with van der Waals surface area (Å²) in [6.07, 6.45) is 13.8. The minimum absolute atomic E-state index is 0. The Kier molecular flexibility index (Phi) is 28.9. The van der Waals surface area contributed by atoms with Gasteiger partial charge in [0.1, 0.15) is 0 Å². The molecule has 0 N–H and O–H groups in total. The Balaban J connectivity index is 0.00000642. The van der Waals surface area contributed by atoms with E-state index in [1.54, 1.807) is 6.33 Å². The molecule has 0 aliphatic carbocycles. The fraction of sp³-hybridized carbons (Fsp3) is 0.156. The summed E-state index contributed by atoms with van der Waals surface area (Å²) < 4.78 is 0. The van der Waals surface area contributed by atoms with Crippen LogP contribution in [0.15, 0.2) is 353 Å². The number of aryl methyl sites for hydroxylation is 4. The van der Waals surface area contributed by atoms with Crippen LogP contribution in [0.4, 0.5) is 0 Å². The SMILES string of the molecule is Cc1cc(-c2[c-]cc(-c3ccccc3-c3cc(-c4ccccc4-c4c[c-]c(-c5cc(-c6[c-]cc(-c7ccccc7-c7cc(-c8ccccc8-c8c[c-]c(-c9cc(C)c(CC(C)C)cn9)cc8)cc(-c8ccccc8-c8c[c-]c(-c9cc(C)c(CC(C)C)cn9)cc8)c7)cc6)ncn5)cc4)cc(-c4ccccc4-c4c[c-]c(-c5cc(C)c(CC(C)C)cn5)cc4)c3)cc2)ncc1CC(C)C.[Ir+3].[Ir+3]. The Morgan fingerprint density at radius 2 is 0.353 bits per heavy atom. The molecule has 19 aromatic rings. The van der Waals surface area contributed by atoms with E-state index in [2.05, 4.69) is 435 Å². The van der Waals surface area contributed by atoms with Crippen LogP contribution in [-0.2, 0) is 65.9 Å². The van der Waals surface area contributed by atoms with Crippen LogP contribution in [0.3, 0.4) is 0 Å². The fourth-order valence-electron chi connectivity index (χ4n) is 18.8. The summed E-state index contributed by atoms with van der Waals surface area (Å²) in [5.41, 5.74) is 47.0. The topological polar surface area (TPSA) is 77.3 Å². The van der Waals surface area contributed by atoms with Crippen LogP contribution in [0, 0.1) is 87.8 Å². The maximum Gasteiger partial charge on any atom is 3.00 e. The van der Waals surface area contributed by atoms with E-state index in [1.807, 2.05) is 30.9 Å². The van der Waals surface area contributed by atoms with Gasteiger partial charge in [-0.05, 0) is 237 Å². The number of hydrogen-bond donors (Lipinski definition) is 0. The first-order valence-electron chi connectivity index (χ1n) is 47.0. The van der Waals surface area contributed by atoms with E-state index in [0.717, 1.165) is 227 Å². The normalized spacial score (nSPS) is 11.4. The largest absolute Gasteiger partial charge is 3.00 e. The molecule has 0 bridgehead atoms. The molecule has 666 valence electrons. The number of nitrogens with zero attached hydrogens (tertiary/aromatic N) is 6. The zero-order chi connectivity index (χ0) is 92.0. The minimum Gasteiger partial charge on any atom is -0.304 e. The van der Waals surface area contributed by atoms with Crippen molar-refractivity contribution in [1.29, 1.82) is 0 Å². The second-order valence-corrected chi connectivity index (χ2v) is 37.5. The van der Waals surface area contributed by atoms with Crippen LogP contribution < -0.4 is 0 Å². The Morgan fingerprint density at radius 1 is 0.191 bits per heavy atom. The van der Waals surface area contributed by atoms with Gasteiger partial charge in [-0.1, -0.05) is 320 Å². The Labute approximate surface area is 830 Å². The molecule has 0 aliphatic heterocycles. The quantitative estimate of drug-likeness (QED) is 0.0503. The van der Waals surface area contributed by atoms with Gasteiger partial charge in [-0.25, -0.2) is 0 Å². The van der Waals surface area contributed by atoms with Crippen molar-refractivity contribution >= 4 is 0 Å². The second kappa shape index (κ2) is 41.9. The summed E-state index contributed by atoms with van der Waals surface area (Å²) in [4.78, 5) is 29.6. The van der Waals surface area contributed by atoms with E-state index < -0.39 is 0 Å². The first-order chi connectivity index (χ1) is 65.3. The number of aromatic nitrogens is 6. The van der Waals surface area contributed by atoms with E-state index in [4.69, 9.17) is 29.9 Å². The van der Waals surface area contributed by atoms with Crippen LogP contribution in [0.1, 0.15) is 99.9 Å². The van der Waals surface area contributed by atoms with E-state index >= 15 is 0 Å². The third-order valence-corrected chi connectivity index (χ3v) is 25.7. The van der Waals surface area contributed by atoms with Crippen molar-refractivity contribution in [1.82, 2.24) is 29.9 Å². The van der Waals surface area contributed by atoms with Crippen molar-refractivity contribution in [3.63, 3.8) is 0 Å². The molecule has 0 unspecified atom stereocenters. The standard InChI is InChI=1S/C128H106N6.2Ir/c1-81(2)61-107-76-129-123(65-85(107)9)95-49-37-89(38-50-95)111-25-13-19-31-117(111)101-69-102(118-32-20-14-26-112(118)90-39-51-96(52-40-90)124-66-86(10)108(77-130-124)62-82(3)4)72-105(71-101)121-35-23-17-29-115(121)93-45-57-99(58-46-93)127-75-128(134-80-133-127)100-59-47-94(48-60-100)116-30-18-24-36-122(116)106-73-103(119-33-21-15-27-113(119)91-41-53-97(54-42-91)125-67-87(11)109(78-131-125)63-83(5)6)70-104(74-106)120-34-22-16-28-114(120)92-43-55-98(56-44-92)126-68-88(12)110(79-132-126)64-84(7)8;;/h13-49,51,53,55,57,59,65-84H,61-64H2,1-12H3;;/q-6;2*+3. The molecular weight excluding hydrogens is 2010 g/mol. The molecule has 0 spiro atoms. The predicted octanol–water partition coefficient (Wildman–Crippen LogP) is 32.9. The molecule has 0 aliphatic rings. The van der Waals surface area contributed by atoms with Gasteiger partial charge in [0.25, 0.3) is 0 Å². The summed E-state index contributed by atoms with van der Waals surface area (Å²) in [6, 6.07) is 138. The van der Waals surface area contributed by atoms with E-state index in [1.165, 1.54) is 44.5 Å². The van der Waals surface area contributed by atoms with Gasteiger partial charge >= 0.3 is 40.2 Å².